The number of hydrogen-bond donors (Lipinski definition) is 1. The highest BCUT2D eigenvalue weighted by Crippen LogP contribution is 2.36. The second-order valence-corrected chi connectivity index (χ2v) is 5.61. The number of nitro groups is 1. The molecule has 0 aliphatic rings. The normalized spacial score (nSPS) is 10.7. The first kappa shape index (κ1) is 14.8. The van der Waals surface area contributed by atoms with Gasteiger partial charge in [0.25, 0.3) is 0 Å². The van der Waals surface area contributed by atoms with E-state index in [0.717, 1.165) is 17.1 Å². The maximum absolute atomic E-state index is 11.2. The number of thioether (sulfide) groups is 1. The molecular formula is C13H20N2O2S. The lowest BCUT2D eigenvalue weighted by Gasteiger charge is -2.09. The van der Waals surface area contributed by atoms with Gasteiger partial charge in [-0.15, -0.1) is 11.8 Å². The van der Waals surface area contributed by atoms with Crippen molar-refractivity contribution in [3.05, 3.63) is 28.3 Å². The van der Waals surface area contributed by atoms with Gasteiger partial charge in [0.05, 0.1) is 9.82 Å². The molecule has 100 valence electrons. The number of nitrogens with one attached hydrogen (secondary N) is 1. The van der Waals surface area contributed by atoms with Crippen LogP contribution in [0.25, 0.3) is 0 Å². The molecule has 0 aromatic heterocycles. The Kier molecular flexibility index (Phi) is 5.98. The molecule has 0 fully saturated rings. The van der Waals surface area contributed by atoms with Gasteiger partial charge in [0, 0.05) is 6.54 Å². The first-order valence-corrected chi connectivity index (χ1v) is 7.18. The summed E-state index contributed by atoms with van der Waals surface area (Å²) >= 11 is 1.56. The van der Waals surface area contributed by atoms with Gasteiger partial charge in [-0.25, -0.2) is 0 Å². The number of nitro benzene ring substituents is 1. The first-order chi connectivity index (χ1) is 8.56. The van der Waals surface area contributed by atoms with Crippen molar-refractivity contribution in [2.45, 2.75) is 32.1 Å². The molecule has 1 aromatic carbocycles. The molecule has 0 atom stereocenters. The van der Waals surface area contributed by atoms with Gasteiger partial charge in [0.1, 0.15) is 5.69 Å². The van der Waals surface area contributed by atoms with E-state index in [1.807, 2.05) is 19.1 Å². The van der Waals surface area contributed by atoms with Gasteiger partial charge in [0.15, 0.2) is 0 Å². The van der Waals surface area contributed by atoms with Crippen molar-refractivity contribution < 1.29 is 4.92 Å². The molecule has 0 spiro atoms. The molecule has 0 unspecified atom stereocenters. The highest BCUT2D eigenvalue weighted by atomic mass is 32.2. The molecule has 1 aromatic rings. The zero-order valence-electron chi connectivity index (χ0n) is 11.1. The molecule has 0 aliphatic heterocycles. The number of para-hydroxylation sites is 1. The minimum absolute atomic E-state index is 0.202. The Balaban J connectivity index is 2.88. The Bertz CT molecular complexity index is 408. The second kappa shape index (κ2) is 7.26. The summed E-state index contributed by atoms with van der Waals surface area (Å²) in [4.78, 5) is 11.6. The van der Waals surface area contributed by atoms with Crippen LogP contribution in [0, 0.1) is 16.0 Å². The van der Waals surface area contributed by atoms with E-state index >= 15 is 0 Å². The van der Waals surface area contributed by atoms with Crippen molar-refractivity contribution >= 4 is 23.1 Å². The molecule has 0 saturated heterocycles. The van der Waals surface area contributed by atoms with Crippen molar-refractivity contribution in [3.8, 4) is 0 Å². The highest BCUT2D eigenvalue weighted by molar-refractivity contribution is 7.99. The number of benzene rings is 1. The summed E-state index contributed by atoms with van der Waals surface area (Å²) in [6.45, 7) is 6.93. The van der Waals surface area contributed by atoms with E-state index < -0.39 is 0 Å². The lowest BCUT2D eigenvalue weighted by Crippen LogP contribution is -2.02. The van der Waals surface area contributed by atoms with E-state index in [4.69, 9.17) is 0 Å². The molecule has 0 aliphatic carbocycles. The van der Waals surface area contributed by atoms with Crippen LogP contribution in [0.15, 0.2) is 23.1 Å². The predicted octanol–water partition coefficient (Wildman–Crippen LogP) is 4.16. The van der Waals surface area contributed by atoms with Crippen LogP contribution in [0.2, 0.25) is 0 Å². The minimum atomic E-state index is -0.296. The van der Waals surface area contributed by atoms with Gasteiger partial charge in [-0.1, -0.05) is 19.9 Å². The number of hydrogen-bond acceptors (Lipinski definition) is 4. The fourth-order valence-corrected chi connectivity index (χ4v) is 2.87. The van der Waals surface area contributed by atoms with Crippen molar-refractivity contribution in [1.82, 2.24) is 0 Å². The topological polar surface area (TPSA) is 55.2 Å². The number of nitrogens with zero attached hydrogens (tertiary/aromatic N) is 1. The molecule has 0 heterocycles. The lowest BCUT2D eigenvalue weighted by atomic mass is 10.2. The fraction of sp³-hybridized carbons (Fsp3) is 0.538. The van der Waals surface area contributed by atoms with Crippen LogP contribution in [-0.4, -0.2) is 17.2 Å². The fourth-order valence-electron chi connectivity index (χ4n) is 1.56. The molecule has 0 bridgehead atoms. The second-order valence-electron chi connectivity index (χ2n) is 4.47. The zero-order valence-corrected chi connectivity index (χ0v) is 11.9. The average Bonchev–Trinajstić information content (AvgIpc) is 2.28. The summed E-state index contributed by atoms with van der Waals surface area (Å²) in [5.74, 6) is 1.53. The van der Waals surface area contributed by atoms with E-state index in [0.29, 0.717) is 18.2 Å². The molecule has 18 heavy (non-hydrogen) atoms. The summed E-state index contributed by atoms with van der Waals surface area (Å²) in [5, 5.41) is 14.2. The SMILES string of the molecule is CCNc1cccc(SCCC(C)C)c1[N+](=O)[O-]. The summed E-state index contributed by atoms with van der Waals surface area (Å²) in [6.07, 6.45) is 1.06. The van der Waals surface area contributed by atoms with Crippen LogP contribution in [0.3, 0.4) is 0 Å². The van der Waals surface area contributed by atoms with E-state index in [1.165, 1.54) is 0 Å². The first-order valence-electron chi connectivity index (χ1n) is 6.20. The highest BCUT2D eigenvalue weighted by Gasteiger charge is 2.19. The molecule has 0 radical (unpaired) electrons. The molecule has 5 heteroatoms. The Morgan fingerprint density at radius 1 is 1.44 bits per heavy atom. The van der Waals surface area contributed by atoms with Crippen molar-refractivity contribution in [2.75, 3.05) is 17.6 Å². The third-order valence-corrected chi connectivity index (χ3v) is 3.58. The lowest BCUT2D eigenvalue weighted by molar-refractivity contribution is -0.386. The smallest absolute Gasteiger partial charge is 0.305 e. The maximum atomic E-state index is 11.2. The Labute approximate surface area is 112 Å². The largest absolute Gasteiger partial charge is 0.380 e. The molecule has 1 rings (SSSR count). The standard InChI is InChI=1S/C13H20N2O2S/c1-4-14-11-6-5-7-12(13(11)15(16)17)18-9-8-10(2)3/h5-7,10,14H,4,8-9H2,1-3H3. The third-order valence-electron chi connectivity index (χ3n) is 2.50. The van der Waals surface area contributed by atoms with E-state index in [9.17, 15) is 10.1 Å². The quantitative estimate of drug-likeness (QED) is 0.458. The number of rotatable bonds is 7. The maximum Gasteiger partial charge on any atom is 0.305 e. The van der Waals surface area contributed by atoms with Crippen LogP contribution < -0.4 is 5.32 Å². The van der Waals surface area contributed by atoms with Gasteiger partial charge in [0.2, 0.25) is 0 Å². The summed E-state index contributed by atoms with van der Waals surface area (Å²) in [7, 11) is 0. The van der Waals surface area contributed by atoms with Gasteiger partial charge in [-0.2, -0.15) is 0 Å². The van der Waals surface area contributed by atoms with Crippen LogP contribution in [-0.2, 0) is 0 Å². The van der Waals surface area contributed by atoms with Crippen molar-refractivity contribution in [3.63, 3.8) is 0 Å². The zero-order chi connectivity index (χ0) is 13.5. The third kappa shape index (κ3) is 4.22. The van der Waals surface area contributed by atoms with Gasteiger partial charge in [-0.05, 0) is 37.1 Å². The predicted molar refractivity (Wildman–Crippen MR) is 77.4 cm³/mol. The summed E-state index contributed by atoms with van der Waals surface area (Å²) in [6, 6.07) is 5.45. The van der Waals surface area contributed by atoms with Crippen LogP contribution in [0.4, 0.5) is 11.4 Å². The molecular weight excluding hydrogens is 248 g/mol. The van der Waals surface area contributed by atoms with Gasteiger partial charge < -0.3 is 5.32 Å². The van der Waals surface area contributed by atoms with E-state index in [2.05, 4.69) is 19.2 Å². The van der Waals surface area contributed by atoms with Gasteiger partial charge >= 0.3 is 5.69 Å². The monoisotopic (exact) mass is 268 g/mol. The molecule has 0 saturated carbocycles. The molecule has 1 N–H and O–H groups in total. The summed E-state index contributed by atoms with van der Waals surface area (Å²) in [5.41, 5.74) is 0.810. The minimum Gasteiger partial charge on any atom is -0.380 e. The van der Waals surface area contributed by atoms with Crippen LogP contribution >= 0.6 is 11.8 Å². The van der Waals surface area contributed by atoms with Crippen molar-refractivity contribution in [1.29, 1.82) is 0 Å². The average molecular weight is 268 g/mol. The Hall–Kier alpha value is -1.23. The Morgan fingerprint density at radius 2 is 2.17 bits per heavy atom. The van der Waals surface area contributed by atoms with E-state index in [1.54, 1.807) is 17.8 Å². The summed E-state index contributed by atoms with van der Waals surface area (Å²) < 4.78 is 0. The van der Waals surface area contributed by atoms with Crippen LogP contribution in [0.1, 0.15) is 27.2 Å². The van der Waals surface area contributed by atoms with Crippen LogP contribution in [0.5, 0.6) is 0 Å². The van der Waals surface area contributed by atoms with Crippen molar-refractivity contribution in [2.24, 2.45) is 5.92 Å². The van der Waals surface area contributed by atoms with E-state index in [-0.39, 0.29) is 10.6 Å². The number of anilines is 1. The van der Waals surface area contributed by atoms with Gasteiger partial charge in [-0.3, -0.25) is 10.1 Å². The molecule has 0 amide bonds. The Morgan fingerprint density at radius 3 is 2.72 bits per heavy atom. The molecule has 4 nitrogen and oxygen atoms in total.